The second-order valence-corrected chi connectivity index (χ2v) is 4.91. The van der Waals surface area contributed by atoms with Crippen molar-refractivity contribution in [3.05, 3.63) is 65.5 Å². The van der Waals surface area contributed by atoms with Crippen LogP contribution >= 0.6 is 0 Å². The molecule has 1 unspecified atom stereocenters. The molecular weight excluding hydrogens is 265 g/mol. The van der Waals surface area contributed by atoms with Crippen LogP contribution in [0.1, 0.15) is 37.4 Å². The minimum Gasteiger partial charge on any atom is -0.494 e. The van der Waals surface area contributed by atoms with Gasteiger partial charge in [-0.3, -0.25) is 0 Å². The van der Waals surface area contributed by atoms with Crippen molar-refractivity contribution in [1.29, 1.82) is 0 Å². The number of nitrogens with one attached hydrogen (secondary N) is 1. The summed E-state index contributed by atoms with van der Waals surface area (Å²) in [6, 6.07) is 14.7. The standard InChI is InChI=1S/C18H22FNO/c1-3-13-20-18(14-9-11-15(19)12-10-14)16-7-5-6-8-17(16)21-4-2/h5-12,18,20H,3-4,13H2,1-2H3. The fourth-order valence-corrected chi connectivity index (χ4v) is 2.36. The number of rotatable bonds is 7. The van der Waals surface area contributed by atoms with E-state index in [9.17, 15) is 4.39 Å². The van der Waals surface area contributed by atoms with E-state index in [4.69, 9.17) is 4.74 Å². The molecule has 0 saturated heterocycles. The molecule has 3 heteroatoms. The number of hydrogen-bond acceptors (Lipinski definition) is 2. The molecule has 0 radical (unpaired) electrons. The van der Waals surface area contributed by atoms with Crippen LogP contribution in [-0.2, 0) is 0 Å². The van der Waals surface area contributed by atoms with Gasteiger partial charge in [0.1, 0.15) is 11.6 Å². The normalized spacial score (nSPS) is 12.1. The van der Waals surface area contributed by atoms with E-state index in [2.05, 4.69) is 18.3 Å². The summed E-state index contributed by atoms with van der Waals surface area (Å²) in [5, 5.41) is 3.52. The highest BCUT2D eigenvalue weighted by atomic mass is 19.1. The van der Waals surface area contributed by atoms with Gasteiger partial charge in [-0.25, -0.2) is 4.39 Å². The summed E-state index contributed by atoms with van der Waals surface area (Å²) in [6.07, 6.45) is 1.04. The first kappa shape index (κ1) is 15.5. The lowest BCUT2D eigenvalue weighted by molar-refractivity contribution is 0.333. The summed E-state index contributed by atoms with van der Waals surface area (Å²) in [7, 11) is 0. The SMILES string of the molecule is CCCNC(c1ccc(F)cc1)c1ccccc1OCC. The molecule has 2 rings (SSSR count). The molecule has 0 saturated carbocycles. The summed E-state index contributed by atoms with van der Waals surface area (Å²) in [6.45, 7) is 5.62. The molecule has 21 heavy (non-hydrogen) atoms. The zero-order chi connectivity index (χ0) is 15.1. The van der Waals surface area contributed by atoms with E-state index in [-0.39, 0.29) is 11.9 Å². The van der Waals surface area contributed by atoms with Gasteiger partial charge in [0.2, 0.25) is 0 Å². The Morgan fingerprint density at radius 1 is 1.05 bits per heavy atom. The summed E-state index contributed by atoms with van der Waals surface area (Å²) in [5.74, 6) is 0.656. The van der Waals surface area contributed by atoms with Crippen molar-refractivity contribution < 1.29 is 9.13 Å². The summed E-state index contributed by atoms with van der Waals surface area (Å²) in [4.78, 5) is 0. The fraction of sp³-hybridized carbons (Fsp3) is 0.333. The molecule has 0 amide bonds. The lowest BCUT2D eigenvalue weighted by Crippen LogP contribution is -2.23. The highest BCUT2D eigenvalue weighted by Gasteiger charge is 2.17. The average Bonchev–Trinajstić information content (AvgIpc) is 2.51. The third-order valence-electron chi connectivity index (χ3n) is 3.33. The van der Waals surface area contributed by atoms with Crippen LogP contribution in [0.4, 0.5) is 4.39 Å². The Labute approximate surface area is 126 Å². The number of benzene rings is 2. The number of hydrogen-bond donors (Lipinski definition) is 1. The maximum atomic E-state index is 13.2. The Balaban J connectivity index is 2.37. The van der Waals surface area contributed by atoms with Gasteiger partial charge in [-0.05, 0) is 43.7 Å². The predicted octanol–water partition coefficient (Wildman–Crippen LogP) is 4.31. The van der Waals surface area contributed by atoms with Crippen molar-refractivity contribution in [1.82, 2.24) is 5.32 Å². The monoisotopic (exact) mass is 287 g/mol. The zero-order valence-corrected chi connectivity index (χ0v) is 12.6. The number of para-hydroxylation sites is 1. The molecule has 1 atom stereocenters. The number of halogens is 1. The van der Waals surface area contributed by atoms with Crippen LogP contribution < -0.4 is 10.1 Å². The Morgan fingerprint density at radius 2 is 1.76 bits per heavy atom. The predicted molar refractivity (Wildman–Crippen MR) is 84.1 cm³/mol. The van der Waals surface area contributed by atoms with Crippen LogP contribution in [0.2, 0.25) is 0 Å². The first-order valence-corrected chi connectivity index (χ1v) is 7.46. The van der Waals surface area contributed by atoms with Crippen LogP contribution in [0.5, 0.6) is 5.75 Å². The highest BCUT2D eigenvalue weighted by Crippen LogP contribution is 2.30. The van der Waals surface area contributed by atoms with Gasteiger partial charge in [0.05, 0.1) is 12.6 Å². The maximum absolute atomic E-state index is 13.2. The second kappa shape index (κ2) is 7.79. The lowest BCUT2D eigenvalue weighted by Gasteiger charge is -2.22. The van der Waals surface area contributed by atoms with Crippen molar-refractivity contribution in [2.45, 2.75) is 26.3 Å². The van der Waals surface area contributed by atoms with Crippen molar-refractivity contribution in [3.8, 4) is 5.75 Å². The largest absolute Gasteiger partial charge is 0.494 e. The molecule has 2 aromatic carbocycles. The van der Waals surface area contributed by atoms with Gasteiger partial charge in [-0.15, -0.1) is 0 Å². The molecule has 0 aliphatic carbocycles. The van der Waals surface area contributed by atoms with Crippen LogP contribution in [-0.4, -0.2) is 13.2 Å². The van der Waals surface area contributed by atoms with E-state index >= 15 is 0 Å². The van der Waals surface area contributed by atoms with Gasteiger partial charge in [0.15, 0.2) is 0 Å². The topological polar surface area (TPSA) is 21.3 Å². The van der Waals surface area contributed by atoms with E-state index in [1.165, 1.54) is 12.1 Å². The third-order valence-corrected chi connectivity index (χ3v) is 3.33. The van der Waals surface area contributed by atoms with E-state index in [0.717, 1.165) is 29.8 Å². The van der Waals surface area contributed by atoms with E-state index in [1.54, 1.807) is 0 Å². The highest BCUT2D eigenvalue weighted by molar-refractivity contribution is 5.41. The molecule has 2 aromatic rings. The van der Waals surface area contributed by atoms with Crippen LogP contribution in [0.15, 0.2) is 48.5 Å². The van der Waals surface area contributed by atoms with E-state index in [0.29, 0.717) is 6.61 Å². The molecular formula is C18H22FNO. The molecule has 0 bridgehead atoms. The van der Waals surface area contributed by atoms with Crippen LogP contribution in [0.25, 0.3) is 0 Å². The van der Waals surface area contributed by atoms with Gasteiger partial charge in [0.25, 0.3) is 0 Å². The summed E-state index contributed by atoms with van der Waals surface area (Å²) >= 11 is 0. The average molecular weight is 287 g/mol. The zero-order valence-electron chi connectivity index (χ0n) is 12.6. The van der Waals surface area contributed by atoms with Crippen molar-refractivity contribution in [2.24, 2.45) is 0 Å². The van der Waals surface area contributed by atoms with Gasteiger partial charge in [-0.1, -0.05) is 37.3 Å². The lowest BCUT2D eigenvalue weighted by atomic mass is 9.97. The second-order valence-electron chi connectivity index (χ2n) is 4.91. The Morgan fingerprint density at radius 3 is 2.43 bits per heavy atom. The molecule has 0 aromatic heterocycles. The van der Waals surface area contributed by atoms with E-state index in [1.807, 2.05) is 37.3 Å². The Hall–Kier alpha value is -1.87. The first-order valence-electron chi connectivity index (χ1n) is 7.46. The molecule has 112 valence electrons. The van der Waals surface area contributed by atoms with Gasteiger partial charge in [-0.2, -0.15) is 0 Å². The Kier molecular flexibility index (Phi) is 5.76. The van der Waals surface area contributed by atoms with Gasteiger partial charge < -0.3 is 10.1 Å². The van der Waals surface area contributed by atoms with Crippen LogP contribution in [0.3, 0.4) is 0 Å². The molecule has 1 N–H and O–H groups in total. The molecule has 0 heterocycles. The Bertz CT molecular complexity index is 553. The minimum atomic E-state index is -0.217. The van der Waals surface area contributed by atoms with Crippen molar-refractivity contribution in [3.63, 3.8) is 0 Å². The summed E-state index contributed by atoms with van der Waals surface area (Å²) in [5.41, 5.74) is 2.12. The van der Waals surface area contributed by atoms with Gasteiger partial charge in [0, 0.05) is 5.56 Å². The van der Waals surface area contributed by atoms with Crippen LogP contribution in [0, 0.1) is 5.82 Å². The third kappa shape index (κ3) is 4.05. The van der Waals surface area contributed by atoms with Gasteiger partial charge >= 0.3 is 0 Å². The van der Waals surface area contributed by atoms with E-state index < -0.39 is 0 Å². The molecule has 0 aliphatic rings. The minimum absolute atomic E-state index is 0.00769. The fourth-order valence-electron chi connectivity index (χ4n) is 2.36. The smallest absolute Gasteiger partial charge is 0.124 e. The van der Waals surface area contributed by atoms with Crippen molar-refractivity contribution >= 4 is 0 Å². The maximum Gasteiger partial charge on any atom is 0.124 e. The molecule has 0 aliphatic heterocycles. The summed E-state index contributed by atoms with van der Waals surface area (Å²) < 4.78 is 18.9. The quantitative estimate of drug-likeness (QED) is 0.819. The molecule has 0 fully saturated rings. The molecule has 0 spiro atoms. The first-order chi connectivity index (χ1) is 10.3. The molecule has 2 nitrogen and oxygen atoms in total. The number of ether oxygens (including phenoxy) is 1. The van der Waals surface area contributed by atoms with Crippen molar-refractivity contribution in [2.75, 3.05) is 13.2 Å².